The van der Waals surface area contributed by atoms with Crippen LogP contribution in [0.2, 0.25) is 0 Å². The molecule has 0 rings (SSSR count). The Labute approximate surface area is 157 Å². The SMILES string of the molecule is CCCCCC[N+](CO)(CCCCCC)CCCCCC.[I-]. The molecular weight excluding hydrogens is 385 g/mol. The third-order valence-corrected chi connectivity index (χ3v) is 4.76. The molecule has 22 heavy (non-hydrogen) atoms. The molecule has 0 aliphatic heterocycles. The van der Waals surface area contributed by atoms with Gasteiger partial charge < -0.3 is 33.6 Å². The van der Waals surface area contributed by atoms with E-state index in [1.807, 2.05) is 0 Å². The average Bonchev–Trinajstić information content (AvgIpc) is 2.51. The maximum atomic E-state index is 10.0. The quantitative estimate of drug-likeness (QED) is 0.174. The molecule has 0 aromatic rings. The molecule has 0 aliphatic carbocycles. The van der Waals surface area contributed by atoms with Gasteiger partial charge in [0.2, 0.25) is 0 Å². The molecule has 136 valence electrons. The van der Waals surface area contributed by atoms with Crippen LogP contribution >= 0.6 is 0 Å². The Kier molecular flexibility index (Phi) is 20.4. The van der Waals surface area contributed by atoms with Gasteiger partial charge >= 0.3 is 0 Å². The van der Waals surface area contributed by atoms with E-state index in [1.165, 1.54) is 96.7 Å². The van der Waals surface area contributed by atoms with Crippen molar-refractivity contribution < 1.29 is 33.6 Å². The summed E-state index contributed by atoms with van der Waals surface area (Å²) in [5, 5.41) is 10.0. The molecular formula is C19H42INO. The van der Waals surface area contributed by atoms with Gasteiger partial charge in [-0.3, -0.25) is 0 Å². The number of quaternary nitrogens is 1. The highest BCUT2D eigenvalue weighted by atomic mass is 127. The Morgan fingerprint density at radius 3 is 1.09 bits per heavy atom. The van der Waals surface area contributed by atoms with Crippen LogP contribution in [0.15, 0.2) is 0 Å². The van der Waals surface area contributed by atoms with Crippen LogP contribution in [0, 0.1) is 0 Å². The van der Waals surface area contributed by atoms with Crippen molar-refractivity contribution in [1.82, 2.24) is 0 Å². The zero-order chi connectivity index (χ0) is 15.8. The number of halogens is 1. The van der Waals surface area contributed by atoms with Crippen molar-refractivity contribution in [3.05, 3.63) is 0 Å². The molecule has 1 N–H and O–H groups in total. The van der Waals surface area contributed by atoms with Crippen molar-refractivity contribution in [3.63, 3.8) is 0 Å². The summed E-state index contributed by atoms with van der Waals surface area (Å²) in [7, 11) is 0. The number of hydrogen-bond donors (Lipinski definition) is 1. The van der Waals surface area contributed by atoms with Gasteiger partial charge in [0.1, 0.15) is 0 Å². The second kappa shape index (κ2) is 18.0. The molecule has 0 bridgehead atoms. The fourth-order valence-corrected chi connectivity index (χ4v) is 3.17. The van der Waals surface area contributed by atoms with E-state index in [-0.39, 0.29) is 24.0 Å². The second-order valence-corrected chi connectivity index (χ2v) is 6.84. The van der Waals surface area contributed by atoms with Gasteiger partial charge in [0.25, 0.3) is 0 Å². The molecule has 0 atom stereocenters. The summed E-state index contributed by atoms with van der Waals surface area (Å²) in [6, 6.07) is 0. The normalized spacial score (nSPS) is 11.5. The largest absolute Gasteiger partial charge is 1.00 e. The molecule has 0 aliphatic rings. The summed E-state index contributed by atoms with van der Waals surface area (Å²) >= 11 is 0. The minimum atomic E-state index is 0. The Hall–Kier alpha value is 0.650. The molecule has 0 radical (unpaired) electrons. The zero-order valence-electron chi connectivity index (χ0n) is 15.6. The molecule has 0 amide bonds. The third-order valence-electron chi connectivity index (χ3n) is 4.76. The van der Waals surface area contributed by atoms with Crippen LogP contribution in [0.3, 0.4) is 0 Å². The first-order valence-electron chi connectivity index (χ1n) is 9.70. The number of hydrogen-bond acceptors (Lipinski definition) is 1. The van der Waals surface area contributed by atoms with Crippen molar-refractivity contribution >= 4 is 0 Å². The van der Waals surface area contributed by atoms with Crippen LogP contribution in [-0.4, -0.2) is 36.0 Å². The molecule has 0 saturated carbocycles. The summed E-state index contributed by atoms with van der Waals surface area (Å²) in [6.45, 7) is 10.7. The number of nitrogens with zero attached hydrogens (tertiary/aromatic N) is 1. The smallest absolute Gasteiger partial charge is 0.180 e. The lowest BCUT2D eigenvalue weighted by atomic mass is 10.1. The lowest BCUT2D eigenvalue weighted by Gasteiger charge is -2.37. The van der Waals surface area contributed by atoms with Crippen LogP contribution in [0.5, 0.6) is 0 Å². The number of aliphatic hydroxyl groups excluding tert-OH is 1. The minimum absolute atomic E-state index is 0. The third kappa shape index (κ3) is 13.1. The molecule has 0 aromatic heterocycles. The van der Waals surface area contributed by atoms with Gasteiger partial charge in [0, 0.05) is 0 Å². The highest BCUT2D eigenvalue weighted by Gasteiger charge is 2.24. The van der Waals surface area contributed by atoms with Gasteiger partial charge in [-0.2, -0.15) is 0 Å². The van der Waals surface area contributed by atoms with E-state index in [1.54, 1.807) is 0 Å². The topological polar surface area (TPSA) is 20.2 Å². The van der Waals surface area contributed by atoms with Crippen LogP contribution in [-0.2, 0) is 0 Å². The summed E-state index contributed by atoms with van der Waals surface area (Å²) in [4.78, 5) is 0. The maximum Gasteiger partial charge on any atom is 0.180 e. The Bertz CT molecular complexity index is 180. The Morgan fingerprint density at radius 1 is 0.545 bits per heavy atom. The first-order chi connectivity index (χ1) is 10.2. The standard InChI is InChI=1S/C19H42NO.HI/c1-4-7-10-13-16-20(19-21,17-14-11-8-5-2)18-15-12-9-6-3;/h21H,4-19H2,1-3H3;1H/q+1;/p-1. The van der Waals surface area contributed by atoms with Crippen molar-refractivity contribution in [3.8, 4) is 0 Å². The zero-order valence-corrected chi connectivity index (χ0v) is 17.7. The van der Waals surface area contributed by atoms with Crippen molar-refractivity contribution in [2.24, 2.45) is 0 Å². The second-order valence-electron chi connectivity index (χ2n) is 6.84. The van der Waals surface area contributed by atoms with E-state index in [9.17, 15) is 5.11 Å². The van der Waals surface area contributed by atoms with Gasteiger partial charge in [0.05, 0.1) is 19.6 Å². The predicted molar refractivity (Wildman–Crippen MR) is 94.4 cm³/mol. The molecule has 0 spiro atoms. The lowest BCUT2D eigenvalue weighted by molar-refractivity contribution is -0.945. The van der Waals surface area contributed by atoms with Gasteiger partial charge in [-0.1, -0.05) is 59.3 Å². The van der Waals surface area contributed by atoms with E-state index in [0.717, 1.165) is 4.48 Å². The van der Waals surface area contributed by atoms with E-state index in [4.69, 9.17) is 0 Å². The van der Waals surface area contributed by atoms with Crippen molar-refractivity contribution in [2.45, 2.75) is 97.8 Å². The van der Waals surface area contributed by atoms with Crippen LogP contribution in [0.25, 0.3) is 0 Å². The number of rotatable bonds is 16. The van der Waals surface area contributed by atoms with E-state index in [0.29, 0.717) is 6.73 Å². The lowest BCUT2D eigenvalue weighted by Crippen LogP contribution is -3.00. The summed E-state index contributed by atoms with van der Waals surface area (Å²) < 4.78 is 0.969. The molecule has 0 unspecified atom stereocenters. The highest BCUT2D eigenvalue weighted by molar-refractivity contribution is 4.49. The van der Waals surface area contributed by atoms with E-state index in [2.05, 4.69) is 20.8 Å². The Balaban J connectivity index is 0. The first-order valence-corrected chi connectivity index (χ1v) is 9.70. The van der Waals surface area contributed by atoms with Gasteiger partial charge in [-0.25, -0.2) is 0 Å². The number of aliphatic hydroxyl groups is 1. The summed E-state index contributed by atoms with van der Waals surface area (Å²) in [5.74, 6) is 0. The van der Waals surface area contributed by atoms with Crippen molar-refractivity contribution in [1.29, 1.82) is 0 Å². The average molecular weight is 427 g/mol. The molecule has 0 heterocycles. The molecule has 3 heteroatoms. The Morgan fingerprint density at radius 2 is 0.864 bits per heavy atom. The first kappa shape index (κ1) is 24.9. The number of unbranched alkanes of at least 4 members (excludes halogenated alkanes) is 9. The monoisotopic (exact) mass is 427 g/mol. The molecule has 0 aromatic carbocycles. The fraction of sp³-hybridized carbons (Fsp3) is 1.00. The van der Waals surface area contributed by atoms with Gasteiger partial charge in [-0.15, -0.1) is 0 Å². The highest BCUT2D eigenvalue weighted by Crippen LogP contribution is 2.16. The fourth-order valence-electron chi connectivity index (χ4n) is 3.17. The van der Waals surface area contributed by atoms with E-state index < -0.39 is 0 Å². The predicted octanol–water partition coefficient (Wildman–Crippen LogP) is 2.50. The molecule has 0 fully saturated rings. The maximum absolute atomic E-state index is 10.0. The minimum Gasteiger partial charge on any atom is -1.00 e. The molecule has 0 saturated heterocycles. The van der Waals surface area contributed by atoms with Gasteiger partial charge in [-0.05, 0) is 38.5 Å². The van der Waals surface area contributed by atoms with Crippen molar-refractivity contribution in [2.75, 3.05) is 26.4 Å². The van der Waals surface area contributed by atoms with Gasteiger partial charge in [0.15, 0.2) is 6.73 Å². The molecule has 2 nitrogen and oxygen atoms in total. The summed E-state index contributed by atoms with van der Waals surface area (Å²) in [5.41, 5.74) is 0. The van der Waals surface area contributed by atoms with Crippen LogP contribution < -0.4 is 24.0 Å². The summed E-state index contributed by atoms with van der Waals surface area (Å²) in [6.07, 6.45) is 15.8. The van der Waals surface area contributed by atoms with Crippen LogP contribution in [0.4, 0.5) is 0 Å². The van der Waals surface area contributed by atoms with E-state index >= 15 is 0 Å². The van der Waals surface area contributed by atoms with Crippen LogP contribution in [0.1, 0.15) is 97.8 Å².